The molecule has 0 aliphatic heterocycles. The summed E-state index contributed by atoms with van der Waals surface area (Å²) in [5.74, 6) is 0. The van der Waals surface area contributed by atoms with Crippen molar-refractivity contribution in [1.29, 1.82) is 0 Å². The van der Waals surface area contributed by atoms with E-state index < -0.39 is 6.10 Å². The number of rotatable bonds is 7. The van der Waals surface area contributed by atoms with Gasteiger partial charge in [0.15, 0.2) is 0 Å². The second-order valence-electron chi connectivity index (χ2n) is 5.58. The van der Waals surface area contributed by atoms with Gasteiger partial charge < -0.3 is 15.2 Å². The Morgan fingerprint density at radius 1 is 1.30 bits per heavy atom. The maximum Gasteiger partial charge on any atom is 0.0898 e. The van der Waals surface area contributed by atoms with E-state index in [0.29, 0.717) is 19.3 Å². The smallest absolute Gasteiger partial charge is 0.0898 e. The van der Waals surface area contributed by atoms with Crippen LogP contribution in [0.2, 0.25) is 5.02 Å². The van der Waals surface area contributed by atoms with E-state index >= 15 is 0 Å². The van der Waals surface area contributed by atoms with Gasteiger partial charge in [0.25, 0.3) is 0 Å². The van der Waals surface area contributed by atoms with Gasteiger partial charge in [0, 0.05) is 17.6 Å². The summed E-state index contributed by atoms with van der Waals surface area (Å²) in [6.07, 6.45) is 4.70. The van der Waals surface area contributed by atoms with Crippen molar-refractivity contribution in [3.63, 3.8) is 0 Å². The Hall–Kier alpha value is -0.610. The summed E-state index contributed by atoms with van der Waals surface area (Å²) < 4.78 is 5.71. The molecule has 0 heterocycles. The fourth-order valence-electron chi connectivity index (χ4n) is 2.54. The van der Waals surface area contributed by atoms with E-state index in [0.717, 1.165) is 17.9 Å². The Bertz CT molecular complexity index is 390. The molecule has 4 heteroatoms. The molecule has 2 rings (SSSR count). The maximum atomic E-state index is 9.94. The van der Waals surface area contributed by atoms with Crippen molar-refractivity contribution >= 4 is 11.6 Å². The van der Waals surface area contributed by atoms with E-state index in [2.05, 4.69) is 12.2 Å². The summed E-state index contributed by atoms with van der Waals surface area (Å²) in [5.41, 5.74) is 1.17. The summed E-state index contributed by atoms with van der Waals surface area (Å²) >= 11 is 5.87. The predicted molar refractivity (Wildman–Crippen MR) is 82.1 cm³/mol. The number of benzene rings is 1. The average Bonchev–Trinajstić information content (AvgIpc) is 2.96. The Kier molecular flexibility index (Phi) is 6.30. The number of hydrogen-bond donors (Lipinski definition) is 2. The Labute approximate surface area is 126 Å². The minimum absolute atomic E-state index is 0.188. The van der Waals surface area contributed by atoms with Gasteiger partial charge in [0.05, 0.1) is 18.8 Å². The van der Waals surface area contributed by atoms with Crippen LogP contribution in [0, 0.1) is 0 Å². The van der Waals surface area contributed by atoms with Crippen LogP contribution in [0.4, 0.5) is 0 Å². The summed E-state index contributed by atoms with van der Waals surface area (Å²) in [4.78, 5) is 0. The van der Waals surface area contributed by atoms with Crippen LogP contribution in [0.1, 0.15) is 44.2 Å². The largest absolute Gasteiger partial charge is 0.389 e. The number of aliphatic hydroxyl groups excluding tert-OH is 1. The topological polar surface area (TPSA) is 41.5 Å². The quantitative estimate of drug-likeness (QED) is 0.811. The van der Waals surface area contributed by atoms with Crippen LogP contribution in [0.3, 0.4) is 0 Å². The third kappa shape index (κ3) is 5.06. The van der Waals surface area contributed by atoms with Crippen molar-refractivity contribution in [3.8, 4) is 0 Å². The van der Waals surface area contributed by atoms with Gasteiger partial charge >= 0.3 is 0 Å². The molecular weight excluding hydrogens is 274 g/mol. The lowest BCUT2D eigenvalue weighted by Gasteiger charge is -2.19. The first kappa shape index (κ1) is 15.8. The minimum Gasteiger partial charge on any atom is -0.389 e. The normalized spacial score (nSPS) is 19.1. The van der Waals surface area contributed by atoms with Gasteiger partial charge in [-0.25, -0.2) is 0 Å². The fourth-order valence-corrected chi connectivity index (χ4v) is 2.67. The molecule has 1 aromatic rings. The van der Waals surface area contributed by atoms with Gasteiger partial charge in [0.1, 0.15) is 0 Å². The first-order valence-corrected chi connectivity index (χ1v) is 7.81. The molecule has 1 fully saturated rings. The van der Waals surface area contributed by atoms with Crippen LogP contribution in [0.5, 0.6) is 0 Å². The van der Waals surface area contributed by atoms with Crippen LogP contribution in [0.15, 0.2) is 24.3 Å². The molecule has 3 nitrogen and oxygen atoms in total. The molecule has 0 spiro atoms. The average molecular weight is 298 g/mol. The van der Waals surface area contributed by atoms with Crippen molar-refractivity contribution in [2.45, 2.75) is 50.9 Å². The summed E-state index contributed by atoms with van der Waals surface area (Å²) in [7, 11) is 0. The predicted octanol–water partition coefficient (Wildman–Crippen LogP) is 3.31. The molecule has 20 heavy (non-hydrogen) atoms. The van der Waals surface area contributed by atoms with Crippen LogP contribution in [-0.4, -0.2) is 30.5 Å². The molecule has 0 aromatic heterocycles. The van der Waals surface area contributed by atoms with Gasteiger partial charge in [-0.15, -0.1) is 0 Å². The summed E-state index contributed by atoms with van der Waals surface area (Å²) in [6, 6.07) is 7.96. The fraction of sp³-hybridized carbons (Fsp3) is 0.625. The SMILES string of the molecule is CC(NCC(O)COC1CCCC1)c1ccc(Cl)cc1. The molecule has 1 aliphatic rings. The van der Waals surface area contributed by atoms with Crippen LogP contribution >= 0.6 is 11.6 Å². The van der Waals surface area contributed by atoms with Gasteiger partial charge in [-0.05, 0) is 37.5 Å². The highest BCUT2D eigenvalue weighted by atomic mass is 35.5. The third-order valence-corrected chi connectivity index (χ3v) is 4.11. The molecule has 2 atom stereocenters. The zero-order valence-electron chi connectivity index (χ0n) is 12.0. The molecule has 0 saturated heterocycles. The molecule has 0 bridgehead atoms. The molecule has 1 aromatic carbocycles. The first-order chi connectivity index (χ1) is 9.65. The number of hydrogen-bond acceptors (Lipinski definition) is 3. The van der Waals surface area contributed by atoms with Gasteiger partial charge in [-0.2, -0.15) is 0 Å². The Morgan fingerprint density at radius 3 is 2.60 bits per heavy atom. The van der Waals surface area contributed by atoms with Crippen molar-refractivity contribution in [1.82, 2.24) is 5.32 Å². The van der Waals surface area contributed by atoms with Crippen LogP contribution < -0.4 is 5.32 Å². The molecular formula is C16H24ClNO2. The molecule has 2 unspecified atom stereocenters. The van der Waals surface area contributed by atoms with E-state index in [1.54, 1.807) is 0 Å². The summed E-state index contributed by atoms with van der Waals surface area (Å²) in [6.45, 7) is 3.04. The number of halogens is 1. The van der Waals surface area contributed by atoms with E-state index in [1.165, 1.54) is 18.4 Å². The molecule has 112 valence electrons. The van der Waals surface area contributed by atoms with Crippen molar-refractivity contribution in [2.24, 2.45) is 0 Å². The first-order valence-electron chi connectivity index (χ1n) is 7.43. The molecule has 2 N–H and O–H groups in total. The molecule has 0 radical (unpaired) electrons. The third-order valence-electron chi connectivity index (χ3n) is 3.86. The van der Waals surface area contributed by atoms with Gasteiger partial charge in [-0.3, -0.25) is 0 Å². The monoisotopic (exact) mass is 297 g/mol. The van der Waals surface area contributed by atoms with Crippen LogP contribution in [0.25, 0.3) is 0 Å². The van der Waals surface area contributed by atoms with E-state index in [1.807, 2.05) is 24.3 Å². The molecule has 1 saturated carbocycles. The number of aliphatic hydroxyl groups is 1. The van der Waals surface area contributed by atoms with Crippen molar-refractivity contribution in [3.05, 3.63) is 34.9 Å². The minimum atomic E-state index is -0.453. The lowest BCUT2D eigenvalue weighted by molar-refractivity contribution is -0.00610. The second-order valence-corrected chi connectivity index (χ2v) is 6.01. The van der Waals surface area contributed by atoms with Gasteiger partial charge in [-0.1, -0.05) is 36.6 Å². The zero-order chi connectivity index (χ0) is 14.4. The highest BCUT2D eigenvalue weighted by Crippen LogP contribution is 2.21. The van der Waals surface area contributed by atoms with Crippen molar-refractivity contribution < 1.29 is 9.84 Å². The van der Waals surface area contributed by atoms with E-state index in [4.69, 9.17) is 16.3 Å². The lowest BCUT2D eigenvalue weighted by Crippen LogP contribution is -2.33. The second kappa shape index (κ2) is 7.99. The Balaban J connectivity index is 1.66. The molecule has 1 aliphatic carbocycles. The van der Waals surface area contributed by atoms with E-state index in [9.17, 15) is 5.11 Å². The Morgan fingerprint density at radius 2 is 1.95 bits per heavy atom. The van der Waals surface area contributed by atoms with Gasteiger partial charge in [0.2, 0.25) is 0 Å². The number of ether oxygens (including phenoxy) is 1. The zero-order valence-corrected chi connectivity index (χ0v) is 12.8. The lowest BCUT2D eigenvalue weighted by atomic mass is 10.1. The van der Waals surface area contributed by atoms with Crippen LogP contribution in [-0.2, 0) is 4.74 Å². The highest BCUT2D eigenvalue weighted by Gasteiger charge is 2.17. The highest BCUT2D eigenvalue weighted by molar-refractivity contribution is 6.30. The van der Waals surface area contributed by atoms with Crippen molar-refractivity contribution in [2.75, 3.05) is 13.2 Å². The summed E-state index contributed by atoms with van der Waals surface area (Å²) in [5, 5.41) is 14.0. The number of nitrogens with one attached hydrogen (secondary N) is 1. The molecule has 0 amide bonds. The maximum absolute atomic E-state index is 9.94. The van der Waals surface area contributed by atoms with E-state index in [-0.39, 0.29) is 6.04 Å². The standard InChI is InChI=1S/C16H24ClNO2/c1-12(13-6-8-14(17)9-7-13)18-10-15(19)11-20-16-4-2-3-5-16/h6-9,12,15-16,18-19H,2-5,10-11H2,1H3.